The van der Waals surface area contributed by atoms with E-state index in [2.05, 4.69) is 0 Å². The van der Waals surface area contributed by atoms with Crippen molar-refractivity contribution in [3.63, 3.8) is 0 Å². The van der Waals surface area contributed by atoms with E-state index in [0.717, 1.165) is 0 Å². The molecule has 0 radical (unpaired) electrons. The topological polar surface area (TPSA) is 49.8 Å². The molecule has 0 fully saturated rings. The van der Waals surface area contributed by atoms with Gasteiger partial charge in [0.05, 0.1) is 19.2 Å². The quantitative estimate of drug-likeness (QED) is 0.877. The molecule has 0 amide bonds. The average molecular weight is 305 g/mol. The van der Waals surface area contributed by atoms with Crippen molar-refractivity contribution in [2.24, 2.45) is 0 Å². The van der Waals surface area contributed by atoms with Gasteiger partial charge in [0.25, 0.3) is 0 Å². The summed E-state index contributed by atoms with van der Waals surface area (Å²) in [5, 5.41) is 8.97. The van der Waals surface area contributed by atoms with Crippen molar-refractivity contribution < 1.29 is 27.8 Å². The van der Waals surface area contributed by atoms with Crippen LogP contribution < -0.4 is 4.74 Å². The lowest BCUT2D eigenvalue weighted by Crippen LogP contribution is -2.38. The maximum Gasteiger partial charge on any atom is 0.401 e. The van der Waals surface area contributed by atoms with E-state index in [9.17, 15) is 18.0 Å². The molecule has 0 aromatic heterocycles. The number of hydrogen-bond donors (Lipinski definition) is 1. The van der Waals surface area contributed by atoms with Crippen LogP contribution in [0.4, 0.5) is 13.2 Å². The predicted octanol–water partition coefficient (Wildman–Crippen LogP) is 3.17. The second-order valence-corrected chi connectivity index (χ2v) is 4.95. The smallest absolute Gasteiger partial charge is 0.401 e. The van der Waals surface area contributed by atoms with E-state index in [-0.39, 0.29) is 18.2 Å². The molecule has 21 heavy (non-hydrogen) atoms. The number of methoxy groups -OCH3 is 1. The molecule has 0 atom stereocenters. The number of carboxylic acid groups (broad SMARTS) is 1. The highest BCUT2D eigenvalue weighted by atomic mass is 19.4. The number of nitrogens with zero attached hydrogens (tertiary/aromatic N) is 1. The van der Waals surface area contributed by atoms with Crippen LogP contribution in [0.25, 0.3) is 0 Å². The summed E-state index contributed by atoms with van der Waals surface area (Å²) in [5.74, 6) is -0.765. The first kappa shape index (κ1) is 17.3. The molecule has 7 heteroatoms. The number of carboxylic acids is 1. The van der Waals surface area contributed by atoms with Crippen molar-refractivity contribution in [1.29, 1.82) is 0 Å². The summed E-state index contributed by atoms with van der Waals surface area (Å²) in [7, 11) is 1.39. The molecule has 0 saturated carbocycles. The fraction of sp³-hybridized carbons (Fsp3) is 0.500. The van der Waals surface area contributed by atoms with Crippen LogP contribution in [0.3, 0.4) is 0 Å². The molecule has 4 nitrogen and oxygen atoms in total. The summed E-state index contributed by atoms with van der Waals surface area (Å²) in [6.45, 7) is 2.20. The standard InChI is InChI=1S/C14H18F3NO3/c1-9(2)18(8-14(15,16)17)7-11-6-10(13(19)20)4-5-12(11)21-3/h4-6,9H,7-8H2,1-3H3,(H,19,20). The van der Waals surface area contributed by atoms with Crippen LogP contribution in [0.2, 0.25) is 0 Å². The van der Waals surface area contributed by atoms with Gasteiger partial charge in [-0.3, -0.25) is 4.90 Å². The monoisotopic (exact) mass is 305 g/mol. The molecule has 0 aliphatic heterocycles. The first-order chi connectivity index (χ1) is 9.64. The van der Waals surface area contributed by atoms with E-state index < -0.39 is 18.7 Å². The third kappa shape index (κ3) is 5.26. The number of carbonyl (C=O) groups is 1. The number of aromatic carboxylic acids is 1. The summed E-state index contributed by atoms with van der Waals surface area (Å²) in [5.41, 5.74) is 0.428. The van der Waals surface area contributed by atoms with Crippen LogP contribution in [0.5, 0.6) is 5.75 Å². The van der Waals surface area contributed by atoms with Crippen molar-refractivity contribution in [3.8, 4) is 5.75 Å². The third-order valence-electron chi connectivity index (χ3n) is 3.01. The van der Waals surface area contributed by atoms with Gasteiger partial charge in [0.1, 0.15) is 5.75 Å². The average Bonchev–Trinajstić information content (AvgIpc) is 2.36. The molecule has 1 aromatic carbocycles. The molecule has 1 rings (SSSR count). The maximum absolute atomic E-state index is 12.6. The Labute approximate surface area is 121 Å². The van der Waals surface area contributed by atoms with Gasteiger partial charge in [0, 0.05) is 18.2 Å². The van der Waals surface area contributed by atoms with Gasteiger partial charge in [-0.1, -0.05) is 0 Å². The Balaban J connectivity index is 3.06. The zero-order chi connectivity index (χ0) is 16.2. The zero-order valence-corrected chi connectivity index (χ0v) is 12.1. The fourth-order valence-corrected chi connectivity index (χ4v) is 1.91. The summed E-state index contributed by atoms with van der Waals surface area (Å²) in [6, 6.07) is 3.80. The first-order valence-corrected chi connectivity index (χ1v) is 6.35. The molecule has 0 saturated heterocycles. The van der Waals surface area contributed by atoms with Gasteiger partial charge >= 0.3 is 12.1 Å². The summed E-state index contributed by atoms with van der Waals surface area (Å²) < 4.78 is 42.9. The highest BCUT2D eigenvalue weighted by Crippen LogP contribution is 2.25. The van der Waals surface area contributed by atoms with Crippen LogP contribution in [-0.4, -0.2) is 41.8 Å². The lowest BCUT2D eigenvalue weighted by Gasteiger charge is -2.28. The van der Waals surface area contributed by atoms with Gasteiger partial charge in [-0.2, -0.15) is 13.2 Å². The van der Waals surface area contributed by atoms with Gasteiger partial charge in [-0.15, -0.1) is 0 Å². The van der Waals surface area contributed by atoms with Crippen molar-refractivity contribution in [2.75, 3.05) is 13.7 Å². The minimum atomic E-state index is -4.32. The van der Waals surface area contributed by atoms with Crippen LogP contribution in [0, 0.1) is 0 Å². The molecule has 1 N–H and O–H groups in total. The van der Waals surface area contributed by atoms with Crippen molar-refractivity contribution in [3.05, 3.63) is 29.3 Å². The minimum absolute atomic E-state index is 0.0153. The van der Waals surface area contributed by atoms with Gasteiger partial charge in [-0.05, 0) is 32.0 Å². The van der Waals surface area contributed by atoms with Gasteiger partial charge < -0.3 is 9.84 Å². The fourth-order valence-electron chi connectivity index (χ4n) is 1.91. The van der Waals surface area contributed by atoms with Crippen LogP contribution in [0.15, 0.2) is 18.2 Å². The predicted molar refractivity (Wildman–Crippen MR) is 71.6 cm³/mol. The second kappa shape index (κ2) is 6.80. The van der Waals surface area contributed by atoms with E-state index in [1.807, 2.05) is 0 Å². The Morgan fingerprint density at radius 2 is 2.00 bits per heavy atom. The summed E-state index contributed by atoms with van der Waals surface area (Å²) >= 11 is 0. The lowest BCUT2D eigenvalue weighted by molar-refractivity contribution is -0.150. The van der Waals surface area contributed by atoms with Crippen LogP contribution in [-0.2, 0) is 6.54 Å². The van der Waals surface area contributed by atoms with Crippen molar-refractivity contribution in [2.45, 2.75) is 32.6 Å². The second-order valence-electron chi connectivity index (χ2n) is 4.95. The van der Waals surface area contributed by atoms with Gasteiger partial charge in [0.15, 0.2) is 0 Å². The number of alkyl halides is 3. The molecule has 0 bridgehead atoms. The summed E-state index contributed by atoms with van der Waals surface area (Å²) in [6.07, 6.45) is -4.32. The van der Waals surface area contributed by atoms with E-state index in [0.29, 0.717) is 11.3 Å². The Kier molecular flexibility index (Phi) is 5.60. The zero-order valence-electron chi connectivity index (χ0n) is 12.1. The molecule has 0 aliphatic carbocycles. The van der Waals surface area contributed by atoms with Crippen molar-refractivity contribution in [1.82, 2.24) is 4.90 Å². The van der Waals surface area contributed by atoms with E-state index in [1.54, 1.807) is 13.8 Å². The van der Waals surface area contributed by atoms with Gasteiger partial charge in [0.2, 0.25) is 0 Å². The number of rotatable bonds is 6. The Morgan fingerprint density at radius 1 is 1.38 bits per heavy atom. The molecular formula is C14H18F3NO3. The lowest BCUT2D eigenvalue weighted by atomic mass is 10.1. The normalized spacial score (nSPS) is 12.0. The number of halogens is 3. The van der Waals surface area contributed by atoms with E-state index in [4.69, 9.17) is 9.84 Å². The van der Waals surface area contributed by atoms with Crippen LogP contribution in [0.1, 0.15) is 29.8 Å². The summed E-state index contributed by atoms with van der Waals surface area (Å²) in [4.78, 5) is 12.2. The molecule has 0 aliphatic rings. The third-order valence-corrected chi connectivity index (χ3v) is 3.01. The Hall–Kier alpha value is -1.76. The minimum Gasteiger partial charge on any atom is -0.496 e. The number of benzene rings is 1. The largest absolute Gasteiger partial charge is 0.496 e. The maximum atomic E-state index is 12.6. The number of hydrogen-bond acceptors (Lipinski definition) is 3. The molecule has 0 heterocycles. The SMILES string of the molecule is COc1ccc(C(=O)O)cc1CN(CC(F)(F)F)C(C)C. The van der Waals surface area contributed by atoms with E-state index >= 15 is 0 Å². The Morgan fingerprint density at radius 3 is 2.43 bits per heavy atom. The molecule has 0 unspecified atom stereocenters. The van der Waals surface area contributed by atoms with Crippen molar-refractivity contribution >= 4 is 5.97 Å². The number of ether oxygens (including phenoxy) is 1. The molecule has 0 spiro atoms. The molecular weight excluding hydrogens is 287 g/mol. The molecule has 1 aromatic rings. The van der Waals surface area contributed by atoms with Gasteiger partial charge in [-0.25, -0.2) is 4.79 Å². The Bertz CT molecular complexity index is 501. The molecule has 118 valence electrons. The first-order valence-electron chi connectivity index (χ1n) is 6.35. The highest BCUT2D eigenvalue weighted by Gasteiger charge is 2.32. The van der Waals surface area contributed by atoms with E-state index in [1.165, 1.54) is 30.2 Å². The van der Waals surface area contributed by atoms with Crippen LogP contribution >= 0.6 is 0 Å². The highest BCUT2D eigenvalue weighted by molar-refractivity contribution is 5.88.